The second-order valence-electron chi connectivity index (χ2n) is 6.76. The molecule has 2 aromatic carbocycles. The van der Waals surface area contributed by atoms with Crippen LogP contribution in [0, 0.1) is 0 Å². The largest absolute Gasteiger partial charge is 0.461 e. The average molecular weight is 443 g/mol. The summed E-state index contributed by atoms with van der Waals surface area (Å²) < 4.78 is 10.1. The van der Waals surface area contributed by atoms with Gasteiger partial charge in [-0.1, -0.05) is 60.7 Å². The number of rotatable bonds is 11. The van der Waals surface area contributed by atoms with Gasteiger partial charge in [-0.2, -0.15) is 0 Å². The van der Waals surface area contributed by atoms with E-state index in [-0.39, 0.29) is 13.2 Å². The number of hydrogen-bond donors (Lipinski definition) is 4. The summed E-state index contributed by atoms with van der Waals surface area (Å²) in [5.41, 5.74) is 6.74. The van der Waals surface area contributed by atoms with Crippen LogP contribution >= 0.6 is 0 Å². The van der Waals surface area contributed by atoms with E-state index < -0.39 is 49.0 Å². The summed E-state index contributed by atoms with van der Waals surface area (Å²) in [6.07, 6.45) is -1.45. The number of carbonyl (C=O) groups excluding carboxylic acids is 4. The first-order chi connectivity index (χ1) is 15.4. The maximum absolute atomic E-state index is 12.4. The molecule has 0 radical (unpaired) electrons. The highest BCUT2D eigenvalue weighted by Crippen LogP contribution is 2.04. The van der Waals surface area contributed by atoms with E-state index in [0.29, 0.717) is 0 Å². The van der Waals surface area contributed by atoms with Crippen LogP contribution in [-0.2, 0) is 37.1 Å². The number of carbonyl (C=O) groups is 4. The molecule has 10 heteroatoms. The van der Waals surface area contributed by atoms with Crippen LogP contribution in [0.4, 0.5) is 4.79 Å². The third kappa shape index (κ3) is 8.44. The molecule has 5 N–H and O–H groups in total. The Labute approximate surface area is 184 Å². The molecular weight excluding hydrogens is 418 g/mol. The minimum absolute atomic E-state index is 0.00677. The third-order valence-corrected chi connectivity index (χ3v) is 4.28. The highest BCUT2D eigenvalue weighted by molar-refractivity contribution is 5.92. The van der Waals surface area contributed by atoms with Gasteiger partial charge in [-0.3, -0.25) is 14.4 Å². The van der Waals surface area contributed by atoms with E-state index in [9.17, 15) is 24.3 Å². The van der Waals surface area contributed by atoms with Crippen LogP contribution in [0.3, 0.4) is 0 Å². The van der Waals surface area contributed by atoms with Gasteiger partial charge in [0.2, 0.25) is 11.8 Å². The molecule has 2 rings (SSSR count). The zero-order valence-corrected chi connectivity index (χ0v) is 17.2. The van der Waals surface area contributed by atoms with Gasteiger partial charge < -0.3 is 30.9 Å². The van der Waals surface area contributed by atoms with Crippen molar-refractivity contribution in [3.63, 3.8) is 0 Å². The number of benzene rings is 2. The van der Waals surface area contributed by atoms with Crippen LogP contribution in [0.25, 0.3) is 0 Å². The second kappa shape index (κ2) is 12.7. The van der Waals surface area contributed by atoms with Gasteiger partial charge in [0.25, 0.3) is 0 Å². The first kappa shape index (κ1) is 24.4. The molecule has 0 unspecified atom stereocenters. The second-order valence-corrected chi connectivity index (χ2v) is 6.76. The first-order valence-corrected chi connectivity index (χ1v) is 9.76. The summed E-state index contributed by atoms with van der Waals surface area (Å²) in [6, 6.07) is 14.9. The van der Waals surface area contributed by atoms with Gasteiger partial charge in [0.15, 0.2) is 0 Å². The number of hydrogen-bond acceptors (Lipinski definition) is 7. The van der Waals surface area contributed by atoms with Gasteiger partial charge in [-0.15, -0.1) is 0 Å². The Kier molecular flexibility index (Phi) is 9.67. The predicted molar refractivity (Wildman–Crippen MR) is 113 cm³/mol. The van der Waals surface area contributed by atoms with E-state index in [1.165, 1.54) is 0 Å². The Morgan fingerprint density at radius 3 is 1.84 bits per heavy atom. The lowest BCUT2D eigenvalue weighted by Gasteiger charge is -2.20. The minimum atomic E-state index is -1.42. The molecule has 0 aromatic heterocycles. The fourth-order valence-corrected chi connectivity index (χ4v) is 2.56. The molecule has 170 valence electrons. The van der Waals surface area contributed by atoms with Crippen molar-refractivity contribution in [2.45, 2.75) is 31.7 Å². The van der Waals surface area contributed by atoms with Crippen LogP contribution in [-0.4, -0.2) is 47.7 Å². The number of nitrogens with two attached hydrogens (primary N) is 1. The summed E-state index contributed by atoms with van der Waals surface area (Å²) in [7, 11) is 0. The lowest BCUT2D eigenvalue weighted by molar-refractivity contribution is -0.147. The van der Waals surface area contributed by atoms with Crippen molar-refractivity contribution in [2.75, 3.05) is 6.61 Å². The minimum Gasteiger partial charge on any atom is -0.461 e. The monoisotopic (exact) mass is 443 g/mol. The molecule has 0 aliphatic rings. The third-order valence-electron chi connectivity index (χ3n) is 4.28. The van der Waals surface area contributed by atoms with Gasteiger partial charge >= 0.3 is 12.1 Å². The number of aliphatic hydroxyl groups is 1. The molecule has 0 saturated carbocycles. The van der Waals surface area contributed by atoms with E-state index in [4.69, 9.17) is 15.2 Å². The molecular formula is C22H25N3O7. The highest BCUT2D eigenvalue weighted by Gasteiger charge is 2.27. The smallest absolute Gasteiger partial charge is 0.408 e. The molecule has 10 nitrogen and oxygen atoms in total. The van der Waals surface area contributed by atoms with Crippen LogP contribution < -0.4 is 16.4 Å². The summed E-state index contributed by atoms with van der Waals surface area (Å²) in [5.74, 6) is -2.64. The van der Waals surface area contributed by atoms with Crippen molar-refractivity contribution < 1.29 is 33.8 Å². The molecule has 3 amide bonds. The van der Waals surface area contributed by atoms with Crippen molar-refractivity contribution in [1.82, 2.24) is 10.6 Å². The van der Waals surface area contributed by atoms with Gasteiger partial charge in [-0.05, 0) is 11.1 Å². The number of alkyl carbamates (subject to hydrolysis) is 1. The molecule has 2 aromatic rings. The van der Waals surface area contributed by atoms with Crippen LogP contribution in [0.15, 0.2) is 60.7 Å². The summed E-state index contributed by atoms with van der Waals surface area (Å²) in [5, 5.41) is 13.9. The number of nitrogens with one attached hydrogen (secondary N) is 2. The van der Waals surface area contributed by atoms with E-state index >= 15 is 0 Å². The number of aliphatic hydroxyl groups excluding tert-OH is 1. The molecule has 0 aliphatic carbocycles. The van der Waals surface area contributed by atoms with E-state index in [2.05, 4.69) is 10.6 Å². The van der Waals surface area contributed by atoms with Gasteiger partial charge in [0.1, 0.15) is 25.3 Å². The fourth-order valence-electron chi connectivity index (χ4n) is 2.56. The summed E-state index contributed by atoms with van der Waals surface area (Å²) in [4.78, 5) is 48.0. The predicted octanol–water partition coefficient (Wildman–Crippen LogP) is 0.377. The maximum Gasteiger partial charge on any atom is 0.408 e. The van der Waals surface area contributed by atoms with Gasteiger partial charge in [0.05, 0.1) is 13.0 Å². The highest BCUT2D eigenvalue weighted by atomic mass is 16.5. The number of primary amides is 1. The van der Waals surface area contributed by atoms with Crippen molar-refractivity contribution >= 4 is 23.9 Å². The lowest BCUT2D eigenvalue weighted by atomic mass is 10.1. The van der Waals surface area contributed by atoms with Gasteiger partial charge in [0, 0.05) is 0 Å². The SMILES string of the molecule is NC(=O)[C@@H](CC(=O)OCc1ccccc1)NC(=O)[C@H](CO)NC(=O)OCc1ccccc1. The van der Waals surface area contributed by atoms with Crippen molar-refractivity contribution in [2.24, 2.45) is 5.73 Å². The molecule has 0 aliphatic heterocycles. The lowest BCUT2D eigenvalue weighted by Crippen LogP contribution is -2.54. The van der Waals surface area contributed by atoms with Crippen molar-refractivity contribution in [3.8, 4) is 0 Å². The van der Waals surface area contributed by atoms with Crippen molar-refractivity contribution in [3.05, 3.63) is 71.8 Å². The van der Waals surface area contributed by atoms with E-state index in [1.54, 1.807) is 48.5 Å². The van der Waals surface area contributed by atoms with Crippen molar-refractivity contribution in [1.29, 1.82) is 0 Å². The summed E-state index contributed by atoms with van der Waals surface area (Å²) in [6.45, 7) is -0.813. The Morgan fingerprint density at radius 1 is 0.812 bits per heavy atom. The molecule has 0 spiro atoms. The number of amides is 3. The van der Waals surface area contributed by atoms with Crippen LogP contribution in [0.1, 0.15) is 17.5 Å². The van der Waals surface area contributed by atoms with E-state index in [1.807, 2.05) is 12.1 Å². The standard InChI is InChI=1S/C22H25N3O7/c23-20(28)17(11-19(27)31-13-15-7-3-1-4-8-15)24-21(29)18(12-26)25-22(30)32-14-16-9-5-2-6-10-16/h1-10,17-18,26H,11-14H2,(H2,23,28)(H,24,29)(H,25,30)/t17-,18+/m1/s1. The molecule has 0 heterocycles. The Hall–Kier alpha value is -3.92. The zero-order chi connectivity index (χ0) is 23.3. The Balaban J connectivity index is 1.83. The zero-order valence-electron chi connectivity index (χ0n) is 17.2. The topological polar surface area (TPSA) is 157 Å². The normalized spacial score (nSPS) is 12.2. The van der Waals surface area contributed by atoms with Gasteiger partial charge in [-0.25, -0.2) is 4.79 Å². The Bertz CT molecular complexity index is 906. The molecule has 2 atom stereocenters. The summed E-state index contributed by atoms with van der Waals surface area (Å²) >= 11 is 0. The molecule has 0 saturated heterocycles. The molecule has 32 heavy (non-hydrogen) atoms. The maximum atomic E-state index is 12.4. The Morgan fingerprint density at radius 2 is 1.34 bits per heavy atom. The number of ether oxygens (including phenoxy) is 2. The molecule has 0 bridgehead atoms. The average Bonchev–Trinajstić information content (AvgIpc) is 2.80. The van der Waals surface area contributed by atoms with E-state index in [0.717, 1.165) is 11.1 Å². The van der Waals surface area contributed by atoms with Crippen LogP contribution in [0.2, 0.25) is 0 Å². The number of esters is 1. The van der Waals surface area contributed by atoms with Crippen LogP contribution in [0.5, 0.6) is 0 Å². The fraction of sp³-hybridized carbons (Fsp3) is 0.273. The quantitative estimate of drug-likeness (QED) is 0.366. The molecule has 0 fully saturated rings. The first-order valence-electron chi connectivity index (χ1n) is 9.76.